The Hall–Kier alpha value is -3.02. The topological polar surface area (TPSA) is 84.9 Å². The molecule has 0 aliphatic heterocycles. The zero-order valence-corrected chi connectivity index (χ0v) is 12.8. The van der Waals surface area contributed by atoms with E-state index in [-0.39, 0.29) is 11.3 Å². The predicted molar refractivity (Wildman–Crippen MR) is 85.0 cm³/mol. The highest BCUT2D eigenvalue weighted by molar-refractivity contribution is 6.06. The fraction of sp³-hybridized carbons (Fsp3) is 0.176. The van der Waals surface area contributed by atoms with Crippen LogP contribution in [0.25, 0.3) is 0 Å². The molecule has 2 rings (SSSR count). The number of methoxy groups -OCH3 is 1. The van der Waals surface area contributed by atoms with Crippen molar-refractivity contribution in [3.63, 3.8) is 0 Å². The minimum Gasteiger partial charge on any atom is -0.507 e. The van der Waals surface area contributed by atoms with Crippen LogP contribution >= 0.6 is 0 Å². The molecule has 0 aromatic heterocycles. The molecule has 2 N–H and O–H groups in total. The van der Waals surface area contributed by atoms with E-state index in [0.717, 1.165) is 0 Å². The summed E-state index contributed by atoms with van der Waals surface area (Å²) in [5.41, 5.74) is 1.02. The largest absolute Gasteiger partial charge is 0.507 e. The second-order valence-corrected chi connectivity index (χ2v) is 4.64. The quantitative estimate of drug-likeness (QED) is 0.829. The Morgan fingerprint density at radius 1 is 1.13 bits per heavy atom. The Morgan fingerprint density at radius 2 is 1.83 bits per heavy atom. The molecule has 0 bridgehead atoms. The van der Waals surface area contributed by atoms with Crippen molar-refractivity contribution >= 4 is 17.6 Å². The number of carbonyl (C=O) groups is 2. The molecule has 0 spiro atoms. The number of anilines is 1. The number of phenolic OH excluding ortho intramolecular Hbond substituents is 1. The van der Waals surface area contributed by atoms with E-state index in [4.69, 9.17) is 9.47 Å². The fourth-order valence-corrected chi connectivity index (χ4v) is 1.93. The van der Waals surface area contributed by atoms with Crippen LogP contribution in [0.1, 0.15) is 27.6 Å². The number of ether oxygens (including phenoxy) is 2. The Labute approximate surface area is 133 Å². The maximum atomic E-state index is 12.2. The lowest BCUT2D eigenvalue weighted by molar-refractivity contribution is 0.0526. The zero-order valence-electron chi connectivity index (χ0n) is 12.8. The monoisotopic (exact) mass is 315 g/mol. The van der Waals surface area contributed by atoms with E-state index in [1.54, 1.807) is 37.3 Å². The number of phenols is 1. The van der Waals surface area contributed by atoms with Crippen LogP contribution in [0.15, 0.2) is 42.5 Å². The van der Waals surface area contributed by atoms with Crippen molar-refractivity contribution in [2.75, 3.05) is 19.0 Å². The van der Waals surface area contributed by atoms with Gasteiger partial charge in [0.1, 0.15) is 11.5 Å². The third-order valence-corrected chi connectivity index (χ3v) is 3.10. The highest BCUT2D eigenvalue weighted by Crippen LogP contribution is 2.24. The van der Waals surface area contributed by atoms with Crippen molar-refractivity contribution in [1.29, 1.82) is 0 Å². The molecular formula is C17H17NO5. The van der Waals surface area contributed by atoms with Crippen LogP contribution < -0.4 is 10.1 Å². The number of rotatable bonds is 5. The molecule has 1 amide bonds. The fourth-order valence-electron chi connectivity index (χ4n) is 1.93. The first kappa shape index (κ1) is 16.4. The first-order valence-electron chi connectivity index (χ1n) is 7.00. The van der Waals surface area contributed by atoms with Crippen molar-refractivity contribution in [2.24, 2.45) is 0 Å². The number of aromatic hydroxyl groups is 1. The van der Waals surface area contributed by atoms with Gasteiger partial charge in [0.05, 0.1) is 24.8 Å². The maximum absolute atomic E-state index is 12.2. The third kappa shape index (κ3) is 4.00. The first-order valence-corrected chi connectivity index (χ1v) is 7.00. The van der Waals surface area contributed by atoms with E-state index < -0.39 is 11.9 Å². The van der Waals surface area contributed by atoms with E-state index in [1.807, 2.05) is 0 Å². The number of nitrogens with one attached hydrogen (secondary N) is 1. The van der Waals surface area contributed by atoms with Crippen molar-refractivity contribution in [3.05, 3.63) is 53.6 Å². The van der Waals surface area contributed by atoms with E-state index in [9.17, 15) is 14.7 Å². The number of carbonyl (C=O) groups excluding carboxylic acids is 2. The van der Waals surface area contributed by atoms with Gasteiger partial charge >= 0.3 is 5.97 Å². The van der Waals surface area contributed by atoms with E-state index in [1.165, 1.54) is 19.2 Å². The number of benzene rings is 2. The summed E-state index contributed by atoms with van der Waals surface area (Å²) in [5, 5.41) is 12.5. The molecule has 0 saturated heterocycles. The predicted octanol–water partition coefficient (Wildman–Crippen LogP) is 2.83. The zero-order chi connectivity index (χ0) is 16.8. The van der Waals surface area contributed by atoms with Crippen LogP contribution in [0, 0.1) is 0 Å². The van der Waals surface area contributed by atoms with Crippen molar-refractivity contribution in [2.45, 2.75) is 6.92 Å². The number of hydrogen-bond donors (Lipinski definition) is 2. The Bertz CT molecular complexity index is 709. The van der Waals surface area contributed by atoms with Crippen molar-refractivity contribution in [3.8, 4) is 11.5 Å². The highest BCUT2D eigenvalue weighted by Gasteiger charge is 2.13. The normalized spacial score (nSPS) is 10.0. The van der Waals surface area contributed by atoms with Gasteiger partial charge in [-0.15, -0.1) is 0 Å². The summed E-state index contributed by atoms with van der Waals surface area (Å²) in [4.78, 5) is 23.7. The highest BCUT2D eigenvalue weighted by atomic mass is 16.5. The lowest BCUT2D eigenvalue weighted by atomic mass is 10.1. The molecule has 0 fully saturated rings. The van der Waals surface area contributed by atoms with Gasteiger partial charge in [0.15, 0.2) is 0 Å². The first-order chi connectivity index (χ1) is 11.0. The molecule has 120 valence electrons. The molecule has 0 atom stereocenters. The van der Waals surface area contributed by atoms with Gasteiger partial charge in [-0.25, -0.2) is 4.79 Å². The minimum atomic E-state index is -0.464. The molecule has 23 heavy (non-hydrogen) atoms. The van der Waals surface area contributed by atoms with Gasteiger partial charge in [0, 0.05) is 11.8 Å². The number of amides is 1. The van der Waals surface area contributed by atoms with Crippen LogP contribution in [-0.2, 0) is 4.74 Å². The standard InChI is InChI=1S/C17H17NO5/c1-3-23-17(21)11-4-6-12(7-5-11)18-16(20)14-9-8-13(22-2)10-15(14)19/h4-10,19H,3H2,1-2H3,(H,18,20). The van der Waals surface area contributed by atoms with Gasteiger partial charge in [0.25, 0.3) is 5.91 Å². The van der Waals surface area contributed by atoms with E-state index in [2.05, 4.69) is 5.32 Å². The maximum Gasteiger partial charge on any atom is 0.338 e. The molecule has 2 aromatic carbocycles. The Balaban J connectivity index is 2.10. The average molecular weight is 315 g/mol. The molecular weight excluding hydrogens is 298 g/mol. The second kappa shape index (κ2) is 7.31. The minimum absolute atomic E-state index is 0.125. The Morgan fingerprint density at radius 3 is 2.39 bits per heavy atom. The van der Waals surface area contributed by atoms with Crippen LogP contribution in [0.2, 0.25) is 0 Å². The molecule has 0 radical (unpaired) electrons. The molecule has 6 heteroatoms. The smallest absolute Gasteiger partial charge is 0.338 e. The molecule has 0 aliphatic rings. The SMILES string of the molecule is CCOC(=O)c1ccc(NC(=O)c2ccc(OC)cc2O)cc1. The number of hydrogen-bond acceptors (Lipinski definition) is 5. The molecule has 0 aliphatic carbocycles. The van der Waals surface area contributed by atoms with Gasteiger partial charge in [0.2, 0.25) is 0 Å². The summed E-state index contributed by atoms with van der Waals surface area (Å²) in [5.74, 6) is -0.602. The van der Waals surface area contributed by atoms with Crippen LogP contribution in [-0.4, -0.2) is 30.7 Å². The molecule has 0 unspecified atom stereocenters. The van der Waals surface area contributed by atoms with Crippen molar-refractivity contribution < 1.29 is 24.2 Å². The molecule has 0 heterocycles. The third-order valence-electron chi connectivity index (χ3n) is 3.10. The molecule has 2 aromatic rings. The van der Waals surface area contributed by atoms with E-state index >= 15 is 0 Å². The van der Waals surface area contributed by atoms with Gasteiger partial charge < -0.3 is 19.9 Å². The van der Waals surface area contributed by atoms with Gasteiger partial charge in [-0.2, -0.15) is 0 Å². The van der Waals surface area contributed by atoms with Crippen LogP contribution in [0.3, 0.4) is 0 Å². The van der Waals surface area contributed by atoms with Gasteiger partial charge in [-0.1, -0.05) is 0 Å². The lowest BCUT2D eigenvalue weighted by Crippen LogP contribution is -2.12. The van der Waals surface area contributed by atoms with Crippen molar-refractivity contribution in [1.82, 2.24) is 0 Å². The summed E-state index contributed by atoms with van der Waals surface area (Å²) in [6.45, 7) is 2.03. The van der Waals surface area contributed by atoms with Gasteiger partial charge in [-0.05, 0) is 43.3 Å². The number of esters is 1. The summed E-state index contributed by atoms with van der Waals surface area (Å²) in [6.07, 6.45) is 0. The summed E-state index contributed by atoms with van der Waals surface area (Å²) in [6, 6.07) is 10.7. The second-order valence-electron chi connectivity index (χ2n) is 4.64. The van der Waals surface area contributed by atoms with E-state index in [0.29, 0.717) is 23.6 Å². The summed E-state index contributed by atoms with van der Waals surface area (Å²) in [7, 11) is 1.47. The van der Waals surface area contributed by atoms with Crippen LogP contribution in [0.5, 0.6) is 11.5 Å². The summed E-state index contributed by atoms with van der Waals surface area (Å²) >= 11 is 0. The van der Waals surface area contributed by atoms with Crippen LogP contribution in [0.4, 0.5) is 5.69 Å². The Kier molecular flexibility index (Phi) is 5.19. The summed E-state index contributed by atoms with van der Waals surface area (Å²) < 4.78 is 9.85. The average Bonchev–Trinajstić information content (AvgIpc) is 2.55. The molecule has 0 saturated carbocycles. The lowest BCUT2D eigenvalue weighted by Gasteiger charge is -2.09. The molecule has 6 nitrogen and oxygen atoms in total. The van der Waals surface area contributed by atoms with Gasteiger partial charge in [-0.3, -0.25) is 4.79 Å².